The van der Waals surface area contributed by atoms with Gasteiger partial charge in [0.2, 0.25) is 17.7 Å². The van der Waals surface area contributed by atoms with Gasteiger partial charge in [-0.3, -0.25) is 29.8 Å². The average Bonchev–Trinajstić information content (AvgIpc) is 2.85. The van der Waals surface area contributed by atoms with Crippen LogP contribution in [0.3, 0.4) is 0 Å². The Bertz CT molecular complexity index is 872. The van der Waals surface area contributed by atoms with E-state index >= 15 is 0 Å². The van der Waals surface area contributed by atoms with Crippen LogP contribution in [0.25, 0.3) is 0 Å². The molecular formula is C25H38N6O4. The van der Waals surface area contributed by atoms with Gasteiger partial charge < -0.3 is 21.6 Å². The monoisotopic (exact) mass is 486 g/mol. The van der Waals surface area contributed by atoms with Gasteiger partial charge in [-0.15, -0.1) is 0 Å². The largest absolute Gasteiger partial charge is 0.370 e. The Hall–Kier alpha value is -3.43. The van der Waals surface area contributed by atoms with Crippen LogP contribution >= 0.6 is 0 Å². The van der Waals surface area contributed by atoms with Crippen LogP contribution in [0.2, 0.25) is 0 Å². The molecule has 0 aliphatic heterocycles. The molecule has 0 spiro atoms. The third kappa shape index (κ3) is 9.76. The number of nitrogens with two attached hydrogens (primary N) is 2. The summed E-state index contributed by atoms with van der Waals surface area (Å²) in [7, 11) is 0. The van der Waals surface area contributed by atoms with Crippen molar-refractivity contribution in [1.82, 2.24) is 15.8 Å². The number of guanidine groups is 1. The quantitative estimate of drug-likeness (QED) is 0.114. The topological polar surface area (TPSA) is 160 Å². The number of aldehydes is 1. The normalized spacial score (nSPS) is 18.1. The van der Waals surface area contributed by atoms with Crippen LogP contribution in [-0.4, -0.2) is 54.1 Å². The smallest absolute Gasteiger partial charge is 0.244 e. The number of aliphatic imine (C=N–C) groups is 1. The number of nitrogens with zero attached hydrogens (tertiary/aromatic N) is 2. The lowest BCUT2D eigenvalue weighted by atomic mass is 9.77. The molecule has 0 radical (unpaired) electrons. The van der Waals surface area contributed by atoms with Crippen LogP contribution in [0.1, 0.15) is 57.4 Å². The van der Waals surface area contributed by atoms with Crippen molar-refractivity contribution in [3.8, 4) is 0 Å². The second kappa shape index (κ2) is 14.7. The second-order valence-corrected chi connectivity index (χ2v) is 8.94. The van der Waals surface area contributed by atoms with Crippen molar-refractivity contribution < 1.29 is 19.2 Å². The molecule has 0 bridgehead atoms. The molecule has 0 saturated heterocycles. The van der Waals surface area contributed by atoms with E-state index in [1.165, 1.54) is 11.9 Å². The number of rotatable bonds is 12. The SMILES string of the molecule is CC(=O)NN(CCCc1ccccc1)C(=O)[C@@H]1CCCC[C@H]1C(=O)N[C@H](C=O)CCCN=C(N)N. The zero-order valence-corrected chi connectivity index (χ0v) is 20.4. The van der Waals surface area contributed by atoms with E-state index in [2.05, 4.69) is 15.7 Å². The fraction of sp³-hybridized carbons (Fsp3) is 0.560. The predicted molar refractivity (Wildman–Crippen MR) is 134 cm³/mol. The van der Waals surface area contributed by atoms with E-state index in [1.807, 2.05) is 30.3 Å². The molecule has 0 unspecified atom stereocenters. The maximum Gasteiger partial charge on any atom is 0.244 e. The van der Waals surface area contributed by atoms with E-state index in [-0.39, 0.29) is 23.7 Å². The highest BCUT2D eigenvalue weighted by atomic mass is 16.2. The first-order valence-electron chi connectivity index (χ1n) is 12.3. The fourth-order valence-electron chi connectivity index (χ4n) is 4.42. The van der Waals surface area contributed by atoms with Gasteiger partial charge in [-0.25, -0.2) is 0 Å². The Morgan fingerprint density at radius 3 is 2.43 bits per heavy atom. The van der Waals surface area contributed by atoms with Crippen molar-refractivity contribution in [1.29, 1.82) is 0 Å². The number of amides is 3. The first kappa shape index (κ1) is 27.8. The van der Waals surface area contributed by atoms with Crippen molar-refractivity contribution in [3.05, 3.63) is 35.9 Å². The lowest BCUT2D eigenvalue weighted by Gasteiger charge is -2.34. The van der Waals surface area contributed by atoms with Crippen LogP contribution in [0, 0.1) is 11.8 Å². The lowest BCUT2D eigenvalue weighted by Crippen LogP contribution is -2.52. The minimum atomic E-state index is -0.674. The Kier molecular flexibility index (Phi) is 11.7. The lowest BCUT2D eigenvalue weighted by molar-refractivity contribution is -0.149. The summed E-state index contributed by atoms with van der Waals surface area (Å²) < 4.78 is 0. The summed E-state index contributed by atoms with van der Waals surface area (Å²) >= 11 is 0. The van der Waals surface area contributed by atoms with Crippen LogP contribution < -0.4 is 22.2 Å². The van der Waals surface area contributed by atoms with Gasteiger partial charge in [0.15, 0.2) is 5.96 Å². The molecule has 1 aliphatic carbocycles. The third-order valence-electron chi connectivity index (χ3n) is 6.13. The summed E-state index contributed by atoms with van der Waals surface area (Å²) in [5.41, 5.74) is 14.4. The van der Waals surface area contributed by atoms with Gasteiger partial charge in [-0.1, -0.05) is 43.2 Å². The number of hydrazine groups is 1. The summed E-state index contributed by atoms with van der Waals surface area (Å²) in [6, 6.07) is 9.24. The van der Waals surface area contributed by atoms with Gasteiger partial charge in [0, 0.05) is 25.9 Å². The molecule has 2 rings (SSSR count). The number of benzene rings is 1. The first-order chi connectivity index (χ1) is 16.8. The van der Waals surface area contributed by atoms with Crippen molar-refractivity contribution in [2.75, 3.05) is 13.1 Å². The van der Waals surface area contributed by atoms with Gasteiger partial charge >= 0.3 is 0 Å². The van der Waals surface area contributed by atoms with E-state index in [4.69, 9.17) is 11.5 Å². The van der Waals surface area contributed by atoms with Crippen LogP contribution in [0.4, 0.5) is 0 Å². The molecule has 1 fully saturated rings. The van der Waals surface area contributed by atoms with Crippen LogP contribution in [0.5, 0.6) is 0 Å². The van der Waals surface area contributed by atoms with Gasteiger partial charge in [0.05, 0.1) is 12.0 Å². The predicted octanol–water partition coefficient (Wildman–Crippen LogP) is 1.04. The van der Waals surface area contributed by atoms with E-state index in [1.54, 1.807) is 0 Å². The van der Waals surface area contributed by atoms with E-state index in [0.717, 1.165) is 24.8 Å². The Morgan fingerprint density at radius 1 is 1.11 bits per heavy atom. The number of hydrogen-bond donors (Lipinski definition) is 4. The fourth-order valence-corrected chi connectivity index (χ4v) is 4.42. The minimum absolute atomic E-state index is 0.0206. The number of nitrogens with one attached hydrogen (secondary N) is 2. The van der Waals surface area contributed by atoms with Gasteiger partial charge in [0.1, 0.15) is 6.29 Å². The first-order valence-corrected chi connectivity index (χ1v) is 12.3. The molecule has 35 heavy (non-hydrogen) atoms. The molecule has 1 aromatic rings. The van der Waals surface area contributed by atoms with Crippen molar-refractivity contribution in [2.45, 2.75) is 64.3 Å². The third-order valence-corrected chi connectivity index (χ3v) is 6.13. The molecule has 192 valence electrons. The highest BCUT2D eigenvalue weighted by molar-refractivity contribution is 5.90. The summed E-state index contributed by atoms with van der Waals surface area (Å²) in [5.74, 6) is -2.04. The van der Waals surface area contributed by atoms with Gasteiger partial charge in [-0.2, -0.15) is 0 Å². The maximum atomic E-state index is 13.4. The van der Waals surface area contributed by atoms with Crippen LogP contribution in [-0.2, 0) is 25.6 Å². The highest BCUT2D eigenvalue weighted by Crippen LogP contribution is 2.32. The van der Waals surface area contributed by atoms with Crippen LogP contribution in [0.15, 0.2) is 35.3 Å². The molecule has 10 nitrogen and oxygen atoms in total. The summed E-state index contributed by atoms with van der Waals surface area (Å²) in [4.78, 5) is 53.7. The molecule has 3 atom stereocenters. The summed E-state index contributed by atoms with van der Waals surface area (Å²) in [5, 5.41) is 4.13. The molecule has 1 saturated carbocycles. The van der Waals surface area contributed by atoms with E-state index in [9.17, 15) is 19.2 Å². The molecule has 1 aliphatic rings. The molecule has 0 heterocycles. The zero-order chi connectivity index (χ0) is 25.6. The Morgan fingerprint density at radius 2 is 1.80 bits per heavy atom. The van der Waals surface area contributed by atoms with Crippen molar-refractivity contribution >= 4 is 30.0 Å². The van der Waals surface area contributed by atoms with Gasteiger partial charge in [0.25, 0.3) is 0 Å². The number of carbonyl (C=O) groups is 4. The van der Waals surface area contributed by atoms with Crippen molar-refractivity contribution in [3.63, 3.8) is 0 Å². The zero-order valence-electron chi connectivity index (χ0n) is 20.4. The molecule has 1 aromatic carbocycles. The average molecular weight is 487 g/mol. The molecule has 6 N–H and O–H groups in total. The number of aryl methyl sites for hydroxylation is 1. The number of hydrogen-bond acceptors (Lipinski definition) is 5. The Labute approximate surface area is 206 Å². The summed E-state index contributed by atoms with van der Waals surface area (Å²) in [6.07, 6.45) is 5.82. The molecule has 10 heteroatoms. The van der Waals surface area contributed by atoms with E-state index < -0.39 is 17.9 Å². The Balaban J connectivity index is 2.01. The molecule has 0 aromatic heterocycles. The molecular weight excluding hydrogens is 448 g/mol. The van der Waals surface area contributed by atoms with Gasteiger partial charge in [-0.05, 0) is 44.1 Å². The standard InChI is InChI=1S/C25H38N6O4/c1-18(33)30-31(16-8-11-19-9-3-2-4-10-19)24(35)22-14-6-5-13-21(22)23(34)29-20(17-32)12-7-15-28-25(26)27/h2-4,9-10,17,20-22H,5-8,11-16H2,1H3,(H,29,34)(H,30,33)(H4,26,27,28)/t20-,21+,22+/m0/s1. The second-order valence-electron chi connectivity index (χ2n) is 8.94. The van der Waals surface area contributed by atoms with E-state index in [0.29, 0.717) is 51.5 Å². The molecule has 3 amide bonds. The number of carbonyl (C=O) groups excluding carboxylic acids is 4. The van der Waals surface area contributed by atoms with Crippen molar-refractivity contribution in [2.24, 2.45) is 28.3 Å². The summed E-state index contributed by atoms with van der Waals surface area (Å²) in [6.45, 7) is 2.07. The minimum Gasteiger partial charge on any atom is -0.370 e. The highest BCUT2D eigenvalue weighted by Gasteiger charge is 2.38. The maximum absolute atomic E-state index is 13.4.